The standard InChI is InChI=1S/C25H23N5O2/c1-15-7-5-8-17(13-15)30-23-21(22-24(30)28-20-11-4-3-10-19(20)27-22)25(31)29(16(2)26-23)14-18-9-6-12-32-18/h3-5,7-8,10-11,13,18H,6,9,12,14H2,1-2H3/t18-/m1/s1. The number of aryl methyl sites for hydroxylation is 2. The number of ether oxygens (including phenoxy) is 1. The normalized spacial score (nSPS) is 16.5. The van der Waals surface area contributed by atoms with E-state index < -0.39 is 0 Å². The first-order valence-corrected chi connectivity index (χ1v) is 11.0. The Kier molecular flexibility index (Phi) is 4.33. The van der Waals surface area contributed by atoms with Crippen molar-refractivity contribution in [2.45, 2.75) is 39.3 Å². The Labute approximate surface area is 184 Å². The van der Waals surface area contributed by atoms with Gasteiger partial charge >= 0.3 is 0 Å². The molecule has 0 N–H and O–H groups in total. The molecular weight excluding hydrogens is 402 g/mol. The Morgan fingerprint density at radius 3 is 2.56 bits per heavy atom. The van der Waals surface area contributed by atoms with Crippen molar-refractivity contribution < 1.29 is 4.74 Å². The van der Waals surface area contributed by atoms with Crippen LogP contribution in [0.25, 0.3) is 38.9 Å². The zero-order chi connectivity index (χ0) is 21.8. The fourth-order valence-electron chi connectivity index (χ4n) is 4.65. The molecule has 1 aliphatic heterocycles. The molecule has 1 fully saturated rings. The van der Waals surface area contributed by atoms with Crippen LogP contribution in [-0.4, -0.2) is 36.8 Å². The molecule has 0 spiro atoms. The lowest BCUT2D eigenvalue weighted by Crippen LogP contribution is -2.29. The third-order valence-corrected chi connectivity index (χ3v) is 6.22. The Hall–Kier alpha value is -3.58. The van der Waals surface area contributed by atoms with E-state index in [1.807, 2.05) is 60.9 Å². The second-order valence-electron chi connectivity index (χ2n) is 8.47. The minimum absolute atomic E-state index is 0.0442. The number of benzene rings is 2. The molecule has 0 aliphatic carbocycles. The average Bonchev–Trinajstić information content (AvgIpc) is 3.40. The van der Waals surface area contributed by atoms with E-state index in [1.54, 1.807) is 4.57 Å². The van der Waals surface area contributed by atoms with Gasteiger partial charge in [-0.05, 0) is 56.5 Å². The van der Waals surface area contributed by atoms with Crippen molar-refractivity contribution in [1.82, 2.24) is 24.1 Å². The highest BCUT2D eigenvalue weighted by atomic mass is 16.5. The molecule has 7 heteroatoms. The van der Waals surface area contributed by atoms with Gasteiger partial charge in [0.15, 0.2) is 11.3 Å². The van der Waals surface area contributed by atoms with Crippen molar-refractivity contribution in [2.75, 3.05) is 6.61 Å². The Morgan fingerprint density at radius 1 is 1.00 bits per heavy atom. The van der Waals surface area contributed by atoms with E-state index in [-0.39, 0.29) is 11.7 Å². The Morgan fingerprint density at radius 2 is 1.81 bits per heavy atom. The lowest BCUT2D eigenvalue weighted by molar-refractivity contribution is 0.0955. The average molecular weight is 425 g/mol. The van der Waals surface area contributed by atoms with Gasteiger partial charge in [0.1, 0.15) is 16.7 Å². The summed E-state index contributed by atoms with van der Waals surface area (Å²) < 4.78 is 9.48. The summed E-state index contributed by atoms with van der Waals surface area (Å²) >= 11 is 0. The number of hydrogen-bond acceptors (Lipinski definition) is 5. The van der Waals surface area contributed by atoms with Gasteiger partial charge < -0.3 is 4.74 Å². The minimum atomic E-state index is -0.0935. The summed E-state index contributed by atoms with van der Waals surface area (Å²) in [6.45, 7) is 5.18. The Balaban J connectivity index is 1.73. The van der Waals surface area contributed by atoms with Gasteiger partial charge in [-0.1, -0.05) is 24.3 Å². The van der Waals surface area contributed by atoms with Crippen molar-refractivity contribution in [3.63, 3.8) is 0 Å². The van der Waals surface area contributed by atoms with Gasteiger partial charge in [-0.2, -0.15) is 0 Å². The van der Waals surface area contributed by atoms with Crippen LogP contribution in [0, 0.1) is 13.8 Å². The smallest absolute Gasteiger partial charge is 0.265 e. The molecule has 1 atom stereocenters. The summed E-state index contributed by atoms with van der Waals surface area (Å²) in [5.41, 5.74) is 5.30. The maximum Gasteiger partial charge on any atom is 0.265 e. The number of fused-ring (bicyclic) bond motifs is 4. The van der Waals surface area contributed by atoms with E-state index in [0.717, 1.165) is 41.7 Å². The molecule has 32 heavy (non-hydrogen) atoms. The first-order chi connectivity index (χ1) is 15.6. The lowest BCUT2D eigenvalue weighted by atomic mass is 10.2. The summed E-state index contributed by atoms with van der Waals surface area (Å²) in [5, 5.41) is 0.503. The predicted octanol–water partition coefficient (Wildman–Crippen LogP) is 4.08. The van der Waals surface area contributed by atoms with Gasteiger partial charge in [0.2, 0.25) is 0 Å². The topological polar surface area (TPSA) is 74.8 Å². The number of rotatable bonds is 3. The molecule has 0 saturated carbocycles. The van der Waals surface area contributed by atoms with Gasteiger partial charge in [0.25, 0.3) is 5.56 Å². The first-order valence-electron chi connectivity index (χ1n) is 11.0. The zero-order valence-corrected chi connectivity index (χ0v) is 18.1. The molecular formula is C25H23N5O2. The highest BCUT2D eigenvalue weighted by molar-refractivity contribution is 6.05. The van der Waals surface area contributed by atoms with E-state index in [4.69, 9.17) is 19.7 Å². The van der Waals surface area contributed by atoms with E-state index in [2.05, 4.69) is 6.07 Å². The van der Waals surface area contributed by atoms with E-state index in [9.17, 15) is 4.79 Å². The van der Waals surface area contributed by atoms with Crippen molar-refractivity contribution in [1.29, 1.82) is 0 Å². The van der Waals surface area contributed by atoms with Crippen molar-refractivity contribution in [3.8, 4) is 5.69 Å². The maximum absolute atomic E-state index is 13.8. The molecule has 5 aromatic rings. The predicted molar refractivity (Wildman–Crippen MR) is 124 cm³/mol. The molecule has 0 amide bonds. The molecule has 0 bridgehead atoms. The van der Waals surface area contributed by atoms with Gasteiger partial charge in [-0.15, -0.1) is 0 Å². The molecule has 0 unspecified atom stereocenters. The second-order valence-corrected chi connectivity index (χ2v) is 8.47. The van der Waals surface area contributed by atoms with Gasteiger partial charge in [0.05, 0.1) is 23.7 Å². The molecule has 3 aromatic heterocycles. The number of hydrogen-bond donors (Lipinski definition) is 0. The van der Waals surface area contributed by atoms with Crippen LogP contribution in [0.15, 0.2) is 53.3 Å². The molecule has 0 radical (unpaired) electrons. The SMILES string of the molecule is Cc1cccc(-n2c3nc4ccccc4nc3c3c(=O)n(C[C@H]4CCCO4)c(C)nc32)c1. The fourth-order valence-corrected chi connectivity index (χ4v) is 4.65. The van der Waals surface area contributed by atoms with Crippen LogP contribution in [-0.2, 0) is 11.3 Å². The quantitative estimate of drug-likeness (QED) is 0.435. The lowest BCUT2D eigenvalue weighted by Gasteiger charge is -2.14. The van der Waals surface area contributed by atoms with E-state index in [1.165, 1.54) is 0 Å². The summed E-state index contributed by atoms with van der Waals surface area (Å²) in [5.74, 6) is 0.666. The fraction of sp³-hybridized carbons (Fsp3) is 0.280. The summed E-state index contributed by atoms with van der Waals surface area (Å²) in [7, 11) is 0. The monoisotopic (exact) mass is 425 g/mol. The summed E-state index contributed by atoms with van der Waals surface area (Å²) in [6, 6.07) is 15.9. The molecule has 6 rings (SSSR count). The van der Waals surface area contributed by atoms with E-state index in [0.29, 0.717) is 34.6 Å². The van der Waals surface area contributed by atoms with Gasteiger partial charge in [-0.3, -0.25) is 13.9 Å². The first kappa shape index (κ1) is 19.1. The van der Waals surface area contributed by atoms with Crippen LogP contribution in [0.3, 0.4) is 0 Å². The molecule has 1 aliphatic rings. The third-order valence-electron chi connectivity index (χ3n) is 6.22. The molecule has 7 nitrogen and oxygen atoms in total. The highest BCUT2D eigenvalue weighted by Crippen LogP contribution is 2.29. The Bertz CT molecular complexity index is 1560. The molecule has 1 saturated heterocycles. The summed E-state index contributed by atoms with van der Waals surface area (Å²) in [6.07, 6.45) is 2.03. The molecule has 2 aromatic carbocycles. The molecule has 160 valence electrons. The van der Waals surface area contributed by atoms with Gasteiger partial charge in [0, 0.05) is 12.3 Å². The van der Waals surface area contributed by atoms with Crippen molar-refractivity contribution >= 4 is 33.2 Å². The second kappa shape index (κ2) is 7.24. The van der Waals surface area contributed by atoms with Gasteiger partial charge in [-0.25, -0.2) is 15.0 Å². The van der Waals surface area contributed by atoms with Crippen molar-refractivity contribution in [2.24, 2.45) is 0 Å². The number of para-hydroxylation sites is 2. The summed E-state index contributed by atoms with van der Waals surface area (Å²) in [4.78, 5) is 28.5. The van der Waals surface area contributed by atoms with Crippen LogP contribution in [0.5, 0.6) is 0 Å². The minimum Gasteiger partial charge on any atom is -0.376 e. The highest BCUT2D eigenvalue weighted by Gasteiger charge is 2.24. The van der Waals surface area contributed by atoms with Crippen LogP contribution in [0.1, 0.15) is 24.2 Å². The van der Waals surface area contributed by atoms with E-state index >= 15 is 0 Å². The number of nitrogens with zero attached hydrogens (tertiary/aromatic N) is 5. The largest absolute Gasteiger partial charge is 0.376 e. The third kappa shape index (κ3) is 2.92. The number of aromatic nitrogens is 5. The maximum atomic E-state index is 13.8. The van der Waals surface area contributed by atoms with Crippen LogP contribution < -0.4 is 5.56 Å². The van der Waals surface area contributed by atoms with Crippen LogP contribution in [0.2, 0.25) is 0 Å². The zero-order valence-electron chi connectivity index (χ0n) is 18.1. The van der Waals surface area contributed by atoms with Crippen LogP contribution in [0.4, 0.5) is 0 Å². The van der Waals surface area contributed by atoms with Crippen molar-refractivity contribution in [3.05, 3.63) is 70.3 Å². The molecule has 4 heterocycles. The van der Waals surface area contributed by atoms with Crippen LogP contribution >= 0.6 is 0 Å².